The van der Waals surface area contributed by atoms with E-state index < -0.39 is 5.97 Å². The average Bonchev–Trinajstić information content (AvgIpc) is 2.13. The van der Waals surface area contributed by atoms with Crippen LogP contribution in [-0.4, -0.2) is 29.1 Å². The van der Waals surface area contributed by atoms with Gasteiger partial charge in [0.25, 0.3) is 0 Å². The van der Waals surface area contributed by atoms with Gasteiger partial charge in [-0.3, -0.25) is 9.59 Å². The van der Waals surface area contributed by atoms with E-state index >= 15 is 0 Å². The zero-order valence-corrected chi connectivity index (χ0v) is 9.32. The fourth-order valence-corrected chi connectivity index (χ4v) is 1.17. The van der Waals surface area contributed by atoms with Crippen molar-refractivity contribution in [2.45, 2.75) is 51.6 Å². The number of nitrogens with two attached hydrogens (primary N) is 1. The molecule has 0 saturated carbocycles. The van der Waals surface area contributed by atoms with Crippen LogP contribution in [0.2, 0.25) is 0 Å². The second kappa shape index (κ2) is 7.23. The molecule has 0 radical (unpaired) electrons. The lowest BCUT2D eigenvalue weighted by Gasteiger charge is -2.15. The van der Waals surface area contributed by atoms with Crippen LogP contribution in [0.1, 0.15) is 39.5 Å². The molecule has 0 bridgehead atoms. The van der Waals surface area contributed by atoms with Gasteiger partial charge >= 0.3 is 5.97 Å². The first-order valence-electron chi connectivity index (χ1n) is 5.22. The third-order valence-electron chi connectivity index (χ3n) is 2.11. The van der Waals surface area contributed by atoms with Crippen molar-refractivity contribution in [2.24, 2.45) is 5.73 Å². The van der Waals surface area contributed by atoms with Gasteiger partial charge in [-0.15, -0.1) is 0 Å². The van der Waals surface area contributed by atoms with Crippen molar-refractivity contribution in [1.29, 1.82) is 0 Å². The molecule has 0 aliphatic heterocycles. The predicted octanol–water partition coefficient (Wildman–Crippen LogP) is 0.483. The Labute approximate surface area is 90.0 Å². The highest BCUT2D eigenvalue weighted by Gasteiger charge is 2.13. The molecule has 0 aliphatic rings. The number of hydrogen-bond acceptors (Lipinski definition) is 3. The van der Waals surface area contributed by atoms with E-state index in [1.807, 2.05) is 13.8 Å². The minimum atomic E-state index is -0.894. The van der Waals surface area contributed by atoms with Gasteiger partial charge in [-0.25, -0.2) is 0 Å². The molecule has 0 fully saturated rings. The SMILES string of the molecule is CCC(CC(=O)O)NC(=O)CCC(C)N. The number of aliphatic carboxylic acids is 1. The molecule has 0 aliphatic carbocycles. The largest absolute Gasteiger partial charge is 0.481 e. The highest BCUT2D eigenvalue weighted by atomic mass is 16.4. The van der Waals surface area contributed by atoms with E-state index in [1.165, 1.54) is 0 Å². The van der Waals surface area contributed by atoms with Crippen molar-refractivity contribution in [3.05, 3.63) is 0 Å². The highest BCUT2D eigenvalue weighted by molar-refractivity contribution is 5.77. The van der Waals surface area contributed by atoms with Gasteiger partial charge in [0.2, 0.25) is 5.91 Å². The summed E-state index contributed by atoms with van der Waals surface area (Å²) < 4.78 is 0. The Morgan fingerprint density at radius 3 is 2.47 bits per heavy atom. The minimum Gasteiger partial charge on any atom is -0.481 e. The van der Waals surface area contributed by atoms with Gasteiger partial charge in [0.15, 0.2) is 0 Å². The van der Waals surface area contributed by atoms with Crippen molar-refractivity contribution >= 4 is 11.9 Å². The molecule has 88 valence electrons. The lowest BCUT2D eigenvalue weighted by Crippen LogP contribution is -2.36. The molecule has 5 heteroatoms. The summed E-state index contributed by atoms with van der Waals surface area (Å²) in [6.45, 7) is 3.68. The van der Waals surface area contributed by atoms with Crippen molar-refractivity contribution in [2.75, 3.05) is 0 Å². The van der Waals surface area contributed by atoms with Gasteiger partial charge in [-0.1, -0.05) is 6.92 Å². The van der Waals surface area contributed by atoms with Crippen molar-refractivity contribution in [1.82, 2.24) is 5.32 Å². The molecule has 0 spiro atoms. The Morgan fingerprint density at radius 1 is 1.47 bits per heavy atom. The molecule has 4 N–H and O–H groups in total. The molecule has 1 amide bonds. The van der Waals surface area contributed by atoms with E-state index in [-0.39, 0.29) is 24.4 Å². The standard InChI is InChI=1S/C10H20N2O3/c1-3-8(6-10(14)15)12-9(13)5-4-7(2)11/h7-8H,3-6,11H2,1-2H3,(H,12,13)(H,14,15). The lowest BCUT2D eigenvalue weighted by atomic mass is 10.1. The average molecular weight is 216 g/mol. The summed E-state index contributed by atoms with van der Waals surface area (Å²) in [5.74, 6) is -1.02. The fourth-order valence-electron chi connectivity index (χ4n) is 1.17. The van der Waals surface area contributed by atoms with E-state index in [0.717, 1.165) is 0 Å². The molecule has 0 aromatic heterocycles. The number of carbonyl (C=O) groups is 2. The van der Waals surface area contributed by atoms with E-state index in [2.05, 4.69) is 5.32 Å². The zero-order chi connectivity index (χ0) is 11.8. The number of carboxylic acids is 1. The fraction of sp³-hybridized carbons (Fsp3) is 0.800. The summed E-state index contributed by atoms with van der Waals surface area (Å²) in [5.41, 5.74) is 5.51. The topological polar surface area (TPSA) is 92.4 Å². The van der Waals surface area contributed by atoms with Crippen LogP contribution in [0.5, 0.6) is 0 Å². The van der Waals surface area contributed by atoms with Crippen molar-refractivity contribution in [3.63, 3.8) is 0 Å². The summed E-state index contributed by atoms with van der Waals surface area (Å²) in [6.07, 6.45) is 1.57. The number of carbonyl (C=O) groups excluding carboxylic acids is 1. The molecule has 0 saturated heterocycles. The van der Waals surface area contributed by atoms with Crippen LogP contribution in [0, 0.1) is 0 Å². The van der Waals surface area contributed by atoms with Crippen molar-refractivity contribution < 1.29 is 14.7 Å². The number of hydrogen-bond donors (Lipinski definition) is 3. The zero-order valence-electron chi connectivity index (χ0n) is 9.32. The van der Waals surface area contributed by atoms with Gasteiger partial charge in [0.1, 0.15) is 0 Å². The molecule has 0 rings (SSSR count). The second-order valence-corrected chi connectivity index (χ2v) is 3.79. The summed E-state index contributed by atoms with van der Waals surface area (Å²) in [7, 11) is 0. The molecule has 15 heavy (non-hydrogen) atoms. The van der Waals surface area contributed by atoms with Crippen molar-refractivity contribution in [3.8, 4) is 0 Å². The Morgan fingerprint density at radius 2 is 2.07 bits per heavy atom. The molecule has 2 unspecified atom stereocenters. The maximum Gasteiger partial charge on any atom is 0.305 e. The third-order valence-corrected chi connectivity index (χ3v) is 2.11. The van der Waals surface area contributed by atoms with Gasteiger partial charge < -0.3 is 16.2 Å². The van der Waals surface area contributed by atoms with Gasteiger partial charge in [0, 0.05) is 18.5 Å². The van der Waals surface area contributed by atoms with Gasteiger partial charge in [0.05, 0.1) is 6.42 Å². The first-order chi connectivity index (χ1) is 6.95. The van der Waals surface area contributed by atoms with Crippen LogP contribution in [-0.2, 0) is 9.59 Å². The Bertz CT molecular complexity index is 217. The smallest absolute Gasteiger partial charge is 0.305 e. The molecule has 2 atom stereocenters. The van der Waals surface area contributed by atoms with E-state index in [1.54, 1.807) is 0 Å². The molecular weight excluding hydrogens is 196 g/mol. The summed E-state index contributed by atoms with van der Waals surface area (Å²) in [6, 6.07) is -0.279. The first-order valence-corrected chi connectivity index (χ1v) is 5.22. The quantitative estimate of drug-likeness (QED) is 0.577. The van der Waals surface area contributed by atoms with Gasteiger partial charge in [-0.05, 0) is 19.8 Å². The predicted molar refractivity (Wildman–Crippen MR) is 57.4 cm³/mol. The molecule has 0 heterocycles. The van der Waals surface area contributed by atoms with Crippen LogP contribution in [0.25, 0.3) is 0 Å². The Hall–Kier alpha value is -1.10. The summed E-state index contributed by atoms with van der Waals surface area (Å²) >= 11 is 0. The Balaban J connectivity index is 3.85. The normalized spacial score (nSPS) is 14.3. The van der Waals surface area contributed by atoms with Crippen LogP contribution in [0.3, 0.4) is 0 Å². The number of nitrogens with one attached hydrogen (secondary N) is 1. The number of rotatable bonds is 7. The monoisotopic (exact) mass is 216 g/mol. The Kier molecular flexibility index (Phi) is 6.70. The van der Waals surface area contributed by atoms with E-state index in [4.69, 9.17) is 10.8 Å². The van der Waals surface area contributed by atoms with Crippen LogP contribution >= 0.6 is 0 Å². The summed E-state index contributed by atoms with van der Waals surface area (Å²) in [4.78, 5) is 21.8. The van der Waals surface area contributed by atoms with Crippen LogP contribution in [0.4, 0.5) is 0 Å². The maximum absolute atomic E-state index is 11.3. The van der Waals surface area contributed by atoms with E-state index in [0.29, 0.717) is 19.3 Å². The summed E-state index contributed by atoms with van der Waals surface area (Å²) in [5, 5.41) is 11.3. The second-order valence-electron chi connectivity index (χ2n) is 3.79. The molecular formula is C10H20N2O3. The highest BCUT2D eigenvalue weighted by Crippen LogP contribution is 2.00. The van der Waals surface area contributed by atoms with Crippen LogP contribution < -0.4 is 11.1 Å². The lowest BCUT2D eigenvalue weighted by molar-refractivity contribution is -0.137. The van der Waals surface area contributed by atoms with Gasteiger partial charge in [-0.2, -0.15) is 0 Å². The minimum absolute atomic E-state index is 0.00435. The molecule has 0 aromatic carbocycles. The van der Waals surface area contributed by atoms with Crippen LogP contribution in [0.15, 0.2) is 0 Å². The number of carboxylic acid groups (broad SMARTS) is 1. The van der Waals surface area contributed by atoms with E-state index in [9.17, 15) is 9.59 Å². The maximum atomic E-state index is 11.3. The molecule has 5 nitrogen and oxygen atoms in total. The third kappa shape index (κ3) is 7.93. The number of amides is 1. The molecule has 0 aromatic rings. The first kappa shape index (κ1) is 13.9.